The summed E-state index contributed by atoms with van der Waals surface area (Å²) in [4.78, 5) is 26.3. The van der Waals surface area contributed by atoms with Crippen LogP contribution in [0.1, 0.15) is 220 Å². The number of carbonyl (C=O) groups excluding carboxylic acids is 2. The van der Waals surface area contributed by atoms with Crippen molar-refractivity contribution < 1.29 is 54.8 Å². The lowest BCUT2D eigenvalue weighted by molar-refractivity contribution is -0.379. The Morgan fingerprint density at radius 2 is 0.911 bits per heavy atom. The van der Waals surface area contributed by atoms with Gasteiger partial charge in [0.05, 0.1) is 6.61 Å². The number of hydrogen-bond acceptors (Lipinski definition) is 12. The maximum Gasteiger partial charge on any atom is 0.366 e. The monoisotopic (exact) mass is 806 g/mol. The second-order valence-electron chi connectivity index (χ2n) is 16.2. The van der Waals surface area contributed by atoms with Gasteiger partial charge >= 0.3 is 17.9 Å². The van der Waals surface area contributed by atoms with Crippen LogP contribution in [0.2, 0.25) is 0 Å². The van der Waals surface area contributed by atoms with Gasteiger partial charge in [-0.15, -0.1) is 0 Å². The van der Waals surface area contributed by atoms with Gasteiger partial charge in [-0.2, -0.15) is 0 Å². The highest BCUT2D eigenvalue weighted by Crippen LogP contribution is 2.20. The van der Waals surface area contributed by atoms with Crippen LogP contribution in [-0.2, 0) is 19.1 Å². The Morgan fingerprint density at radius 3 is 1.38 bits per heavy atom. The molecule has 2 unspecified atom stereocenters. The number of hydrogen-bond donors (Lipinski definition) is 7. The third-order valence-electron chi connectivity index (χ3n) is 10.7. The molecule has 12 nitrogen and oxygen atoms in total. The summed E-state index contributed by atoms with van der Waals surface area (Å²) in [6.07, 6.45) is 25.0. The number of esters is 2. The van der Waals surface area contributed by atoms with E-state index in [0.717, 1.165) is 57.8 Å². The van der Waals surface area contributed by atoms with Crippen molar-refractivity contribution in [1.82, 2.24) is 4.90 Å². The van der Waals surface area contributed by atoms with E-state index in [1.807, 2.05) is 0 Å². The second kappa shape index (κ2) is 35.6. The Kier molecular flexibility index (Phi) is 34.7. The molecule has 0 aromatic heterocycles. The van der Waals surface area contributed by atoms with E-state index in [2.05, 4.69) is 20.8 Å². The van der Waals surface area contributed by atoms with E-state index in [4.69, 9.17) is 9.47 Å². The van der Waals surface area contributed by atoms with Gasteiger partial charge in [0.2, 0.25) is 0 Å². The maximum absolute atomic E-state index is 12.8. The Labute approximate surface area is 340 Å². The largest absolute Gasteiger partial charge is 0.462 e. The SMILES string of the molecule is CCCCCCCCCCCOC(=O)C(O)(O)CCCCN(CCCCCCC(O)C(=O)OC(CCCCCCCC)CCCCCCCC)C(O)C(O)(O)O. The van der Waals surface area contributed by atoms with E-state index < -0.39 is 36.0 Å². The zero-order chi connectivity index (χ0) is 41.9. The van der Waals surface area contributed by atoms with Crippen LogP contribution in [0.4, 0.5) is 0 Å². The molecule has 0 amide bonds. The summed E-state index contributed by atoms with van der Waals surface area (Å²) < 4.78 is 10.9. The summed E-state index contributed by atoms with van der Waals surface area (Å²) in [7, 11) is 0. The van der Waals surface area contributed by atoms with Crippen LogP contribution >= 0.6 is 0 Å². The zero-order valence-electron chi connectivity index (χ0n) is 36.0. The number of nitrogens with zero attached hydrogens (tertiary/aromatic N) is 1. The van der Waals surface area contributed by atoms with Crippen molar-refractivity contribution in [3.63, 3.8) is 0 Å². The van der Waals surface area contributed by atoms with Gasteiger partial charge in [-0.3, -0.25) is 4.90 Å². The van der Waals surface area contributed by atoms with Crippen molar-refractivity contribution in [2.24, 2.45) is 0 Å². The quantitative estimate of drug-likeness (QED) is 0.0180. The lowest BCUT2D eigenvalue weighted by atomic mass is 10.0. The first kappa shape index (κ1) is 54.6. The van der Waals surface area contributed by atoms with Crippen LogP contribution in [0.3, 0.4) is 0 Å². The summed E-state index contributed by atoms with van der Waals surface area (Å²) in [6, 6.07) is 0. The average molecular weight is 806 g/mol. The molecule has 0 heterocycles. The number of aliphatic hydroxyl groups excluding tert-OH is 2. The Bertz CT molecular complexity index is 898. The molecule has 0 aromatic rings. The predicted octanol–water partition coefficient (Wildman–Crippen LogP) is 7.89. The summed E-state index contributed by atoms with van der Waals surface area (Å²) in [5.74, 6) is -7.68. The fourth-order valence-corrected chi connectivity index (χ4v) is 7.02. The Hall–Kier alpha value is -1.38. The highest BCUT2D eigenvalue weighted by Gasteiger charge is 2.37. The topological polar surface area (TPSA) is 197 Å². The van der Waals surface area contributed by atoms with Crippen molar-refractivity contribution in [3.8, 4) is 0 Å². The van der Waals surface area contributed by atoms with E-state index in [1.54, 1.807) is 0 Å². The molecular formula is C44H87NO11. The van der Waals surface area contributed by atoms with Gasteiger partial charge in [0.15, 0.2) is 12.3 Å². The summed E-state index contributed by atoms with van der Waals surface area (Å²) in [5.41, 5.74) is 0. The van der Waals surface area contributed by atoms with Crippen LogP contribution in [0.25, 0.3) is 0 Å². The molecule has 0 aromatic carbocycles. The standard InChI is InChI=1S/C44H87NO11/c1-4-7-10-13-16-17-18-23-30-37-55-42(49)43(50,51)34-27-29-36-45(41(48)44(52,53)54)35-28-22-21-26-33-39(46)40(47)56-38(31-24-19-14-11-8-5-2)32-25-20-15-12-9-6-3/h38-39,41,46,48,50-54H,4-37H2,1-3H3. The van der Waals surface area contributed by atoms with Gasteiger partial charge in [-0.05, 0) is 57.8 Å². The Balaban J connectivity index is 4.57. The number of ether oxygens (including phenoxy) is 2. The number of rotatable bonds is 41. The number of carbonyl (C=O) groups is 2. The van der Waals surface area contributed by atoms with E-state index in [0.29, 0.717) is 32.1 Å². The van der Waals surface area contributed by atoms with Crippen molar-refractivity contribution in [2.45, 2.75) is 250 Å². The first-order valence-electron chi connectivity index (χ1n) is 22.9. The van der Waals surface area contributed by atoms with E-state index in [-0.39, 0.29) is 51.5 Å². The molecule has 0 aliphatic rings. The van der Waals surface area contributed by atoms with Crippen molar-refractivity contribution >= 4 is 11.9 Å². The van der Waals surface area contributed by atoms with E-state index in [9.17, 15) is 45.3 Å². The van der Waals surface area contributed by atoms with Crippen molar-refractivity contribution in [3.05, 3.63) is 0 Å². The van der Waals surface area contributed by atoms with E-state index in [1.165, 1.54) is 88.4 Å². The molecule has 0 saturated heterocycles. The molecule has 0 aliphatic carbocycles. The molecule has 0 spiro atoms. The third-order valence-corrected chi connectivity index (χ3v) is 10.7. The lowest BCUT2D eigenvalue weighted by Gasteiger charge is -2.32. The molecule has 12 heteroatoms. The van der Waals surface area contributed by atoms with Gasteiger partial charge < -0.3 is 45.2 Å². The molecule has 56 heavy (non-hydrogen) atoms. The van der Waals surface area contributed by atoms with Gasteiger partial charge in [-0.1, -0.05) is 156 Å². The third kappa shape index (κ3) is 30.7. The number of unbranched alkanes of at least 4 members (excludes halogenated alkanes) is 22. The Morgan fingerprint density at radius 1 is 0.518 bits per heavy atom. The first-order valence-corrected chi connectivity index (χ1v) is 22.9. The lowest BCUT2D eigenvalue weighted by Crippen LogP contribution is -2.53. The van der Waals surface area contributed by atoms with Gasteiger partial charge in [0.1, 0.15) is 6.10 Å². The average Bonchev–Trinajstić information content (AvgIpc) is 3.16. The smallest absolute Gasteiger partial charge is 0.366 e. The normalized spacial score (nSPS) is 13.4. The summed E-state index contributed by atoms with van der Waals surface area (Å²) >= 11 is 0. The van der Waals surface area contributed by atoms with Crippen LogP contribution < -0.4 is 0 Å². The second-order valence-corrected chi connectivity index (χ2v) is 16.2. The summed E-state index contributed by atoms with van der Waals surface area (Å²) in [5, 5.41) is 70.3. The van der Waals surface area contributed by atoms with Crippen LogP contribution in [0.15, 0.2) is 0 Å². The van der Waals surface area contributed by atoms with Crippen molar-refractivity contribution in [2.75, 3.05) is 19.7 Å². The van der Waals surface area contributed by atoms with Crippen molar-refractivity contribution in [1.29, 1.82) is 0 Å². The fraction of sp³-hybridized carbons (Fsp3) is 0.955. The minimum Gasteiger partial charge on any atom is -0.462 e. The highest BCUT2D eigenvalue weighted by atomic mass is 16.7. The molecule has 0 bridgehead atoms. The van der Waals surface area contributed by atoms with Crippen LogP contribution in [0.5, 0.6) is 0 Å². The fourth-order valence-electron chi connectivity index (χ4n) is 7.02. The molecule has 0 radical (unpaired) electrons. The maximum atomic E-state index is 12.8. The predicted molar refractivity (Wildman–Crippen MR) is 221 cm³/mol. The van der Waals surface area contributed by atoms with Gasteiger partial charge in [0.25, 0.3) is 5.79 Å². The van der Waals surface area contributed by atoms with Gasteiger partial charge in [0, 0.05) is 19.5 Å². The molecule has 0 saturated carbocycles. The highest BCUT2D eigenvalue weighted by molar-refractivity contribution is 5.77. The zero-order valence-corrected chi connectivity index (χ0v) is 36.0. The van der Waals surface area contributed by atoms with Crippen LogP contribution in [-0.4, -0.2) is 102 Å². The van der Waals surface area contributed by atoms with Gasteiger partial charge in [-0.25, -0.2) is 9.59 Å². The molecule has 0 rings (SSSR count). The van der Waals surface area contributed by atoms with E-state index >= 15 is 0 Å². The molecule has 0 aliphatic heterocycles. The molecule has 2 atom stereocenters. The molecule has 0 fully saturated rings. The minimum absolute atomic E-state index is 0.0807. The molecule has 7 N–H and O–H groups in total. The van der Waals surface area contributed by atoms with Crippen LogP contribution in [0, 0.1) is 0 Å². The first-order chi connectivity index (χ1) is 26.8. The molecular weight excluding hydrogens is 718 g/mol. The minimum atomic E-state index is -3.36. The number of aliphatic hydroxyl groups is 7. The summed E-state index contributed by atoms with van der Waals surface area (Å²) in [6.45, 7) is 6.98. The molecule has 334 valence electrons.